The van der Waals surface area contributed by atoms with Gasteiger partial charge in [0.1, 0.15) is 0 Å². The molecule has 1 aromatic heterocycles. The van der Waals surface area contributed by atoms with Gasteiger partial charge in [0.25, 0.3) is 0 Å². The third-order valence-electron chi connectivity index (χ3n) is 2.39. The third kappa shape index (κ3) is 2.54. The number of rotatable bonds is 2. The molecule has 0 spiro atoms. The molecule has 4 nitrogen and oxygen atoms in total. The quantitative estimate of drug-likeness (QED) is 0.683. The van der Waals surface area contributed by atoms with Crippen molar-refractivity contribution in [2.24, 2.45) is 0 Å². The normalized spacial score (nSPS) is 20.0. The van der Waals surface area contributed by atoms with Gasteiger partial charge in [-0.1, -0.05) is 0 Å². The number of aromatic amines is 1. The highest BCUT2D eigenvalue weighted by Crippen LogP contribution is 2.02. The van der Waals surface area contributed by atoms with Gasteiger partial charge in [0, 0.05) is 31.5 Å². The van der Waals surface area contributed by atoms with E-state index < -0.39 is 0 Å². The molecule has 1 saturated heterocycles. The van der Waals surface area contributed by atoms with Crippen LogP contribution in [0.25, 0.3) is 0 Å². The fourth-order valence-electron chi connectivity index (χ4n) is 1.67. The molecule has 0 unspecified atom stereocenters. The van der Waals surface area contributed by atoms with Crippen molar-refractivity contribution in [3.05, 3.63) is 18.0 Å². The average Bonchev–Trinajstić information content (AvgIpc) is 2.49. The van der Waals surface area contributed by atoms with Crippen molar-refractivity contribution < 1.29 is 0 Å². The molecular weight excluding hydrogens is 164 g/mol. The van der Waals surface area contributed by atoms with Gasteiger partial charge in [0.15, 0.2) is 0 Å². The van der Waals surface area contributed by atoms with Crippen LogP contribution in [-0.4, -0.2) is 41.3 Å². The highest BCUT2D eigenvalue weighted by atomic mass is 15.2. The van der Waals surface area contributed by atoms with Crippen LogP contribution in [0.3, 0.4) is 0 Å². The Morgan fingerprint density at radius 3 is 3.23 bits per heavy atom. The van der Waals surface area contributed by atoms with Gasteiger partial charge in [-0.25, -0.2) is 0 Å². The summed E-state index contributed by atoms with van der Waals surface area (Å²) in [5.74, 6) is 0. The van der Waals surface area contributed by atoms with Gasteiger partial charge in [-0.3, -0.25) is 10.00 Å². The van der Waals surface area contributed by atoms with Crippen molar-refractivity contribution in [2.45, 2.75) is 13.0 Å². The molecule has 4 heteroatoms. The van der Waals surface area contributed by atoms with E-state index in [4.69, 9.17) is 0 Å². The summed E-state index contributed by atoms with van der Waals surface area (Å²) >= 11 is 0. The molecule has 0 radical (unpaired) electrons. The first-order valence-corrected chi connectivity index (χ1v) is 4.86. The van der Waals surface area contributed by atoms with Gasteiger partial charge >= 0.3 is 0 Å². The number of hydrogen-bond donors (Lipinski definition) is 2. The smallest absolute Gasteiger partial charge is 0.0492 e. The lowest BCUT2D eigenvalue weighted by Crippen LogP contribution is -2.27. The molecular formula is C9H16N4. The molecule has 2 heterocycles. The average molecular weight is 180 g/mol. The zero-order valence-corrected chi connectivity index (χ0v) is 7.79. The van der Waals surface area contributed by atoms with Gasteiger partial charge in [-0.2, -0.15) is 5.10 Å². The zero-order valence-electron chi connectivity index (χ0n) is 7.79. The number of aromatic nitrogens is 2. The fourth-order valence-corrected chi connectivity index (χ4v) is 1.67. The summed E-state index contributed by atoms with van der Waals surface area (Å²) in [4.78, 5) is 2.45. The van der Waals surface area contributed by atoms with Crippen molar-refractivity contribution in [3.63, 3.8) is 0 Å². The second-order valence-corrected chi connectivity index (χ2v) is 3.46. The van der Waals surface area contributed by atoms with E-state index in [-0.39, 0.29) is 0 Å². The first kappa shape index (κ1) is 8.72. The van der Waals surface area contributed by atoms with Gasteiger partial charge in [0.05, 0.1) is 0 Å². The minimum absolute atomic E-state index is 1.00. The van der Waals surface area contributed by atoms with Gasteiger partial charge in [0.2, 0.25) is 0 Å². The molecule has 0 bridgehead atoms. The molecule has 1 aliphatic rings. The number of hydrogen-bond acceptors (Lipinski definition) is 3. The highest BCUT2D eigenvalue weighted by molar-refractivity contribution is 4.97. The maximum Gasteiger partial charge on any atom is 0.0492 e. The zero-order chi connectivity index (χ0) is 8.93. The first-order valence-electron chi connectivity index (χ1n) is 4.86. The van der Waals surface area contributed by atoms with Crippen molar-refractivity contribution in [3.8, 4) is 0 Å². The van der Waals surface area contributed by atoms with E-state index in [1.165, 1.54) is 18.7 Å². The molecule has 0 aliphatic carbocycles. The molecule has 72 valence electrons. The van der Waals surface area contributed by atoms with Crippen molar-refractivity contribution in [1.29, 1.82) is 0 Å². The molecule has 2 rings (SSSR count). The fraction of sp³-hybridized carbons (Fsp3) is 0.667. The molecule has 13 heavy (non-hydrogen) atoms. The summed E-state index contributed by atoms with van der Waals surface area (Å²) in [6.07, 6.45) is 3.06. The number of nitrogens with one attached hydrogen (secondary N) is 2. The molecule has 0 saturated carbocycles. The molecule has 1 aliphatic heterocycles. The van der Waals surface area contributed by atoms with Crippen LogP contribution in [0, 0.1) is 0 Å². The Kier molecular flexibility index (Phi) is 2.94. The Morgan fingerprint density at radius 1 is 1.38 bits per heavy atom. The van der Waals surface area contributed by atoms with Crippen LogP contribution in [0.15, 0.2) is 12.3 Å². The third-order valence-corrected chi connectivity index (χ3v) is 2.39. The van der Waals surface area contributed by atoms with Crippen LogP contribution in [0.5, 0.6) is 0 Å². The first-order chi connectivity index (χ1) is 6.45. The standard InChI is InChI=1S/C9H16N4/c1-3-10-5-7-13(6-1)8-9-2-4-11-12-9/h2,4,10H,1,3,5-8H2,(H,11,12). The van der Waals surface area contributed by atoms with Crippen LogP contribution < -0.4 is 5.32 Å². The Morgan fingerprint density at radius 2 is 2.38 bits per heavy atom. The topological polar surface area (TPSA) is 44.0 Å². The molecule has 1 fully saturated rings. The largest absolute Gasteiger partial charge is 0.315 e. The van der Waals surface area contributed by atoms with Gasteiger partial charge in [-0.15, -0.1) is 0 Å². The summed E-state index contributed by atoms with van der Waals surface area (Å²) in [7, 11) is 0. The summed E-state index contributed by atoms with van der Waals surface area (Å²) in [5, 5.41) is 10.3. The molecule has 2 N–H and O–H groups in total. The van der Waals surface area contributed by atoms with E-state index >= 15 is 0 Å². The highest BCUT2D eigenvalue weighted by Gasteiger charge is 2.08. The minimum atomic E-state index is 1.00. The Bertz CT molecular complexity index is 224. The van der Waals surface area contributed by atoms with Crippen molar-refractivity contribution in [1.82, 2.24) is 20.4 Å². The van der Waals surface area contributed by atoms with E-state index in [0.29, 0.717) is 0 Å². The van der Waals surface area contributed by atoms with Crippen LogP contribution in [-0.2, 0) is 6.54 Å². The number of H-pyrrole nitrogens is 1. The molecule has 0 amide bonds. The summed E-state index contributed by atoms with van der Waals surface area (Å²) in [6.45, 7) is 5.58. The second kappa shape index (κ2) is 4.39. The van der Waals surface area contributed by atoms with E-state index in [0.717, 1.165) is 26.2 Å². The maximum absolute atomic E-state index is 3.94. The van der Waals surface area contributed by atoms with Crippen LogP contribution >= 0.6 is 0 Å². The van der Waals surface area contributed by atoms with E-state index in [9.17, 15) is 0 Å². The van der Waals surface area contributed by atoms with E-state index in [1.807, 2.05) is 12.3 Å². The van der Waals surface area contributed by atoms with Crippen molar-refractivity contribution in [2.75, 3.05) is 26.2 Å². The predicted molar refractivity (Wildman–Crippen MR) is 51.4 cm³/mol. The Balaban J connectivity index is 1.86. The van der Waals surface area contributed by atoms with Crippen LogP contribution in [0.1, 0.15) is 12.1 Å². The van der Waals surface area contributed by atoms with Gasteiger partial charge in [-0.05, 0) is 25.6 Å². The summed E-state index contributed by atoms with van der Waals surface area (Å²) in [5.41, 5.74) is 1.21. The molecule has 0 aromatic carbocycles. The summed E-state index contributed by atoms with van der Waals surface area (Å²) in [6, 6.07) is 2.04. The van der Waals surface area contributed by atoms with Crippen LogP contribution in [0.2, 0.25) is 0 Å². The lowest BCUT2D eigenvalue weighted by molar-refractivity contribution is 0.281. The number of nitrogens with zero attached hydrogens (tertiary/aromatic N) is 2. The van der Waals surface area contributed by atoms with E-state index in [1.54, 1.807) is 0 Å². The monoisotopic (exact) mass is 180 g/mol. The Hall–Kier alpha value is -0.870. The van der Waals surface area contributed by atoms with E-state index in [2.05, 4.69) is 20.4 Å². The predicted octanol–water partition coefficient (Wildman–Crippen LogP) is 0.205. The second-order valence-electron chi connectivity index (χ2n) is 3.46. The van der Waals surface area contributed by atoms with Crippen LogP contribution in [0.4, 0.5) is 0 Å². The summed E-state index contributed by atoms with van der Waals surface area (Å²) < 4.78 is 0. The minimum Gasteiger partial charge on any atom is -0.315 e. The van der Waals surface area contributed by atoms with Gasteiger partial charge < -0.3 is 5.32 Å². The molecule has 0 atom stereocenters. The van der Waals surface area contributed by atoms with Crippen molar-refractivity contribution >= 4 is 0 Å². The lowest BCUT2D eigenvalue weighted by atomic mass is 10.3. The Labute approximate surface area is 78.3 Å². The SMILES string of the molecule is c1cc(CN2CCCNCC2)[nH]n1. The maximum atomic E-state index is 3.94. The molecule has 1 aromatic rings. The lowest BCUT2D eigenvalue weighted by Gasteiger charge is -2.17.